The molecule has 1 aliphatic carbocycles. The van der Waals surface area contributed by atoms with E-state index in [1.807, 2.05) is 0 Å². The fraction of sp³-hybridized carbons (Fsp3) is 0.194. The number of carbonyl (C=O) groups excluding carboxylic acids is 2. The monoisotopic (exact) mass is 609 g/mol. The first-order chi connectivity index (χ1) is 19.8. The van der Waals surface area contributed by atoms with E-state index in [4.69, 9.17) is 53.5 Å². The number of methoxy groups -OCH3 is 2. The third-order valence-corrected chi connectivity index (χ3v) is 7.35. The number of carbonyl (C=O) groups is 2. The molecule has 1 aromatic heterocycles. The van der Waals surface area contributed by atoms with E-state index in [9.17, 15) is 9.59 Å². The SMILES string of the molecule is COC(=O)c1cc(C#Cc2ccc(OCc3c(-c4c(Cl)cccc4Cl)noc3C3CC3)cc2Cl)cc(C(=O)OC)c1. The van der Waals surface area contributed by atoms with E-state index in [0.717, 1.165) is 24.2 Å². The van der Waals surface area contributed by atoms with Crippen LogP contribution in [-0.4, -0.2) is 31.3 Å². The van der Waals surface area contributed by atoms with Crippen molar-refractivity contribution >= 4 is 46.7 Å². The number of hydrogen-bond donors (Lipinski definition) is 0. The first kappa shape index (κ1) is 28.6. The normalized spacial score (nSPS) is 12.3. The van der Waals surface area contributed by atoms with Gasteiger partial charge in [0.15, 0.2) is 0 Å². The molecule has 0 spiro atoms. The van der Waals surface area contributed by atoms with Gasteiger partial charge in [0.25, 0.3) is 0 Å². The van der Waals surface area contributed by atoms with Crippen LogP contribution in [0, 0.1) is 11.8 Å². The summed E-state index contributed by atoms with van der Waals surface area (Å²) in [5.41, 5.74) is 3.22. The molecular weight excluding hydrogens is 589 g/mol. The molecule has 1 fully saturated rings. The number of ether oxygens (including phenoxy) is 3. The molecule has 7 nitrogen and oxygen atoms in total. The Bertz CT molecular complexity index is 1660. The fourth-order valence-electron chi connectivity index (χ4n) is 4.20. The summed E-state index contributed by atoms with van der Waals surface area (Å²) in [5.74, 6) is 6.28. The van der Waals surface area contributed by atoms with Crippen molar-refractivity contribution in [3.63, 3.8) is 0 Å². The van der Waals surface area contributed by atoms with E-state index in [0.29, 0.717) is 43.2 Å². The maximum Gasteiger partial charge on any atom is 0.337 e. The highest BCUT2D eigenvalue weighted by molar-refractivity contribution is 6.39. The first-order valence-electron chi connectivity index (χ1n) is 12.5. The molecule has 3 aromatic carbocycles. The highest BCUT2D eigenvalue weighted by atomic mass is 35.5. The van der Waals surface area contributed by atoms with E-state index in [1.165, 1.54) is 32.4 Å². The van der Waals surface area contributed by atoms with Gasteiger partial charge in [0.2, 0.25) is 0 Å². The molecule has 208 valence electrons. The number of rotatable bonds is 7. The van der Waals surface area contributed by atoms with Crippen LogP contribution < -0.4 is 4.74 Å². The maximum atomic E-state index is 12.1. The molecule has 5 rings (SSSR count). The van der Waals surface area contributed by atoms with Gasteiger partial charge in [0.05, 0.1) is 46.0 Å². The van der Waals surface area contributed by atoms with Gasteiger partial charge in [-0.2, -0.15) is 0 Å². The van der Waals surface area contributed by atoms with Crippen molar-refractivity contribution in [2.75, 3.05) is 14.2 Å². The van der Waals surface area contributed by atoms with Gasteiger partial charge >= 0.3 is 11.9 Å². The second kappa shape index (κ2) is 12.3. The second-order valence-electron chi connectivity index (χ2n) is 9.21. The third-order valence-electron chi connectivity index (χ3n) is 6.41. The number of halogens is 3. The van der Waals surface area contributed by atoms with Crippen molar-refractivity contribution < 1.29 is 28.3 Å². The van der Waals surface area contributed by atoms with E-state index < -0.39 is 11.9 Å². The van der Waals surface area contributed by atoms with Crippen molar-refractivity contribution in [3.8, 4) is 28.8 Å². The van der Waals surface area contributed by atoms with Crippen molar-refractivity contribution in [3.05, 3.63) is 103 Å². The molecule has 41 heavy (non-hydrogen) atoms. The van der Waals surface area contributed by atoms with Gasteiger partial charge in [-0.15, -0.1) is 0 Å². The van der Waals surface area contributed by atoms with Gasteiger partial charge in [-0.05, 0) is 55.3 Å². The standard InChI is InChI=1S/C31H22Cl3NO6/c1-38-30(36)20-12-17(13-21(14-20)31(37)39-2)6-7-18-10-11-22(15-26(18)34)40-16-23-28(35-41-29(23)19-8-9-19)27-24(32)4-3-5-25(27)33/h3-5,10-15,19H,8-9,16H2,1-2H3. The van der Waals surface area contributed by atoms with Crippen LogP contribution in [0.4, 0.5) is 0 Å². The minimum Gasteiger partial charge on any atom is -0.489 e. The number of hydrogen-bond acceptors (Lipinski definition) is 7. The van der Waals surface area contributed by atoms with Crippen molar-refractivity contribution in [1.29, 1.82) is 0 Å². The Labute approximate surface area is 251 Å². The van der Waals surface area contributed by atoms with Crippen molar-refractivity contribution in [1.82, 2.24) is 5.16 Å². The summed E-state index contributed by atoms with van der Waals surface area (Å²) in [6.45, 7) is 0.171. The molecular formula is C31H22Cl3NO6. The number of nitrogens with zero attached hydrogens (tertiary/aromatic N) is 1. The predicted molar refractivity (Wildman–Crippen MR) is 155 cm³/mol. The minimum absolute atomic E-state index is 0.171. The Morgan fingerprint density at radius 1 is 0.902 bits per heavy atom. The Kier molecular flexibility index (Phi) is 8.55. The summed E-state index contributed by atoms with van der Waals surface area (Å²) < 4.78 is 21.3. The average molecular weight is 611 g/mol. The van der Waals surface area contributed by atoms with Gasteiger partial charge < -0.3 is 18.7 Å². The van der Waals surface area contributed by atoms with Crippen LogP contribution in [-0.2, 0) is 16.1 Å². The largest absolute Gasteiger partial charge is 0.489 e. The predicted octanol–water partition coefficient (Wildman–Crippen LogP) is 7.73. The van der Waals surface area contributed by atoms with E-state index in [1.54, 1.807) is 36.4 Å². The molecule has 0 radical (unpaired) electrons. The van der Waals surface area contributed by atoms with Crippen molar-refractivity contribution in [2.24, 2.45) is 0 Å². The van der Waals surface area contributed by atoms with E-state index in [2.05, 4.69) is 17.0 Å². The molecule has 0 saturated heterocycles. The Morgan fingerprint density at radius 3 is 2.15 bits per heavy atom. The molecule has 0 unspecified atom stereocenters. The minimum atomic E-state index is -0.601. The van der Waals surface area contributed by atoms with Crippen LogP contribution in [0.15, 0.2) is 59.1 Å². The molecule has 4 aromatic rings. The zero-order valence-electron chi connectivity index (χ0n) is 21.9. The third kappa shape index (κ3) is 6.36. The topological polar surface area (TPSA) is 87.9 Å². The van der Waals surface area contributed by atoms with Crippen LogP contribution in [0.5, 0.6) is 5.75 Å². The average Bonchev–Trinajstić information content (AvgIpc) is 3.74. The van der Waals surface area contributed by atoms with Crippen LogP contribution >= 0.6 is 34.8 Å². The first-order valence-corrected chi connectivity index (χ1v) is 13.6. The number of aromatic nitrogens is 1. The second-order valence-corrected chi connectivity index (χ2v) is 10.4. The van der Waals surface area contributed by atoms with Crippen LogP contribution in [0.3, 0.4) is 0 Å². The lowest BCUT2D eigenvalue weighted by molar-refractivity contribution is 0.0599. The fourth-order valence-corrected chi connectivity index (χ4v) is 5.00. The number of esters is 2. The lowest BCUT2D eigenvalue weighted by atomic mass is 10.0. The maximum absolute atomic E-state index is 12.1. The summed E-state index contributed by atoms with van der Waals surface area (Å²) in [6.07, 6.45) is 2.03. The lowest BCUT2D eigenvalue weighted by Crippen LogP contribution is -2.07. The Morgan fingerprint density at radius 2 is 1.56 bits per heavy atom. The van der Waals surface area contributed by atoms with E-state index in [-0.39, 0.29) is 23.7 Å². The summed E-state index contributed by atoms with van der Waals surface area (Å²) in [6, 6.07) is 14.8. The zero-order chi connectivity index (χ0) is 29.1. The van der Waals surface area contributed by atoms with Gasteiger partial charge in [-0.1, -0.05) is 57.9 Å². The Balaban J connectivity index is 1.38. The van der Waals surface area contributed by atoms with Gasteiger partial charge in [0, 0.05) is 28.7 Å². The molecule has 0 bridgehead atoms. The summed E-state index contributed by atoms with van der Waals surface area (Å²) >= 11 is 19.4. The zero-order valence-corrected chi connectivity index (χ0v) is 24.2. The van der Waals surface area contributed by atoms with Crippen LogP contribution in [0.25, 0.3) is 11.3 Å². The van der Waals surface area contributed by atoms with Gasteiger partial charge in [-0.3, -0.25) is 0 Å². The molecule has 1 heterocycles. The number of benzene rings is 3. The van der Waals surface area contributed by atoms with Crippen molar-refractivity contribution in [2.45, 2.75) is 25.4 Å². The Hall–Kier alpha value is -3.96. The summed E-state index contributed by atoms with van der Waals surface area (Å²) in [5, 5.41) is 5.58. The quantitative estimate of drug-likeness (QED) is 0.156. The summed E-state index contributed by atoms with van der Waals surface area (Å²) in [4.78, 5) is 24.1. The van der Waals surface area contributed by atoms with Crippen LogP contribution in [0.1, 0.15) is 61.9 Å². The highest BCUT2D eigenvalue weighted by Crippen LogP contribution is 2.46. The molecule has 0 amide bonds. The molecule has 0 N–H and O–H groups in total. The van der Waals surface area contributed by atoms with Gasteiger partial charge in [-0.25, -0.2) is 9.59 Å². The smallest absolute Gasteiger partial charge is 0.337 e. The van der Waals surface area contributed by atoms with E-state index >= 15 is 0 Å². The summed E-state index contributed by atoms with van der Waals surface area (Å²) in [7, 11) is 2.51. The molecule has 10 heteroatoms. The van der Waals surface area contributed by atoms with Crippen LogP contribution in [0.2, 0.25) is 15.1 Å². The molecule has 1 aliphatic rings. The molecule has 1 saturated carbocycles. The van der Waals surface area contributed by atoms with Gasteiger partial charge in [0.1, 0.15) is 23.8 Å². The molecule has 0 atom stereocenters. The highest BCUT2D eigenvalue weighted by Gasteiger charge is 2.33. The lowest BCUT2D eigenvalue weighted by Gasteiger charge is -2.10. The molecule has 0 aliphatic heterocycles.